The first-order chi connectivity index (χ1) is 11.3. The van der Waals surface area contributed by atoms with Gasteiger partial charge >= 0.3 is 6.18 Å². The smallest absolute Gasteiger partial charge is 0.422 e. The Labute approximate surface area is 136 Å². The fraction of sp³-hybridized carbons (Fsp3) is 0.294. The average molecular weight is 343 g/mol. The van der Waals surface area contributed by atoms with Gasteiger partial charge in [-0.1, -0.05) is 30.3 Å². The van der Waals surface area contributed by atoms with E-state index in [1.165, 1.54) is 24.3 Å². The van der Waals surface area contributed by atoms with Gasteiger partial charge < -0.3 is 15.2 Å². The van der Waals surface area contributed by atoms with E-state index in [0.717, 1.165) is 5.56 Å². The van der Waals surface area contributed by atoms with Gasteiger partial charge in [0.1, 0.15) is 11.6 Å². The first-order valence-corrected chi connectivity index (χ1v) is 7.27. The van der Waals surface area contributed by atoms with Gasteiger partial charge in [0, 0.05) is 18.7 Å². The number of hydrogen-bond acceptors (Lipinski definition) is 3. The van der Waals surface area contributed by atoms with Crippen molar-refractivity contribution in [3.63, 3.8) is 0 Å². The Morgan fingerprint density at radius 3 is 2.33 bits per heavy atom. The second kappa shape index (κ2) is 8.12. The summed E-state index contributed by atoms with van der Waals surface area (Å²) in [6, 6.07) is 12.1. The summed E-state index contributed by atoms with van der Waals surface area (Å²) in [6.07, 6.45) is -5.36. The van der Waals surface area contributed by atoms with Crippen molar-refractivity contribution in [2.75, 3.05) is 13.2 Å². The maximum Gasteiger partial charge on any atom is 0.422 e. The van der Waals surface area contributed by atoms with Crippen LogP contribution in [0.2, 0.25) is 0 Å². The molecule has 7 heteroatoms. The third-order valence-electron chi connectivity index (χ3n) is 3.26. The van der Waals surface area contributed by atoms with Crippen LogP contribution in [0.3, 0.4) is 0 Å². The minimum Gasteiger partial charge on any atom is -0.484 e. The molecule has 2 N–H and O–H groups in total. The highest BCUT2D eigenvalue weighted by atomic mass is 19.4. The topological polar surface area (TPSA) is 41.5 Å². The Morgan fingerprint density at radius 2 is 1.71 bits per heavy atom. The molecule has 1 unspecified atom stereocenters. The molecule has 0 spiro atoms. The Balaban J connectivity index is 1.79. The Bertz CT molecular complexity index is 644. The van der Waals surface area contributed by atoms with Crippen LogP contribution in [0, 0.1) is 5.82 Å². The third-order valence-corrected chi connectivity index (χ3v) is 3.26. The number of hydrogen-bond donors (Lipinski definition) is 2. The number of nitrogens with one attached hydrogen (secondary N) is 1. The molecule has 2 aromatic carbocycles. The summed E-state index contributed by atoms with van der Waals surface area (Å²) < 4.78 is 54.3. The van der Waals surface area contributed by atoms with Crippen LogP contribution in [0.25, 0.3) is 0 Å². The minimum atomic E-state index is -4.37. The number of rotatable bonds is 7. The highest BCUT2D eigenvalue weighted by Crippen LogP contribution is 2.19. The third kappa shape index (κ3) is 5.82. The molecule has 0 aliphatic heterocycles. The molecule has 0 saturated heterocycles. The quantitative estimate of drug-likeness (QED) is 0.755. The van der Waals surface area contributed by atoms with Crippen molar-refractivity contribution in [2.24, 2.45) is 0 Å². The second-order valence-corrected chi connectivity index (χ2v) is 5.22. The number of ether oxygens (including phenoxy) is 1. The van der Waals surface area contributed by atoms with E-state index in [2.05, 4.69) is 10.1 Å². The molecule has 24 heavy (non-hydrogen) atoms. The molecule has 0 amide bonds. The van der Waals surface area contributed by atoms with Crippen LogP contribution in [0.15, 0.2) is 48.5 Å². The summed E-state index contributed by atoms with van der Waals surface area (Å²) >= 11 is 0. The Morgan fingerprint density at radius 1 is 1.04 bits per heavy atom. The number of alkyl halides is 3. The summed E-state index contributed by atoms with van der Waals surface area (Å²) in [5, 5.41) is 12.9. The molecule has 0 heterocycles. The van der Waals surface area contributed by atoms with Gasteiger partial charge in [0.25, 0.3) is 0 Å². The van der Waals surface area contributed by atoms with Crippen LogP contribution in [-0.4, -0.2) is 24.4 Å². The molecule has 0 fully saturated rings. The predicted octanol–water partition coefficient (Wildman–Crippen LogP) is 3.59. The predicted molar refractivity (Wildman–Crippen MR) is 81.1 cm³/mol. The van der Waals surface area contributed by atoms with Gasteiger partial charge in [-0.05, 0) is 23.8 Å². The normalized spacial score (nSPS) is 12.9. The van der Waals surface area contributed by atoms with E-state index in [1.54, 1.807) is 24.3 Å². The number of halogens is 4. The van der Waals surface area contributed by atoms with E-state index < -0.39 is 24.7 Å². The van der Waals surface area contributed by atoms with Crippen LogP contribution in [0.1, 0.15) is 17.2 Å². The molecule has 0 aliphatic rings. The van der Waals surface area contributed by atoms with Crippen molar-refractivity contribution in [3.05, 3.63) is 65.5 Å². The molecule has 2 aromatic rings. The van der Waals surface area contributed by atoms with Crippen LogP contribution >= 0.6 is 0 Å². The van der Waals surface area contributed by atoms with Crippen LogP contribution in [0.4, 0.5) is 17.6 Å². The van der Waals surface area contributed by atoms with Crippen LogP contribution in [-0.2, 0) is 6.54 Å². The van der Waals surface area contributed by atoms with E-state index in [-0.39, 0.29) is 17.9 Å². The molecule has 0 aliphatic carbocycles. The SMILES string of the molecule is OC(CNCc1ccc(OCC(F)(F)F)cc1)c1ccccc1F. The zero-order valence-electron chi connectivity index (χ0n) is 12.7. The van der Waals surface area contributed by atoms with Gasteiger partial charge in [-0.2, -0.15) is 13.2 Å². The second-order valence-electron chi connectivity index (χ2n) is 5.22. The first kappa shape index (κ1) is 18.2. The summed E-state index contributed by atoms with van der Waals surface area (Å²) in [7, 11) is 0. The first-order valence-electron chi connectivity index (χ1n) is 7.27. The number of aliphatic hydroxyl groups excluding tert-OH is 1. The monoisotopic (exact) mass is 343 g/mol. The lowest BCUT2D eigenvalue weighted by Crippen LogP contribution is -2.21. The highest BCUT2D eigenvalue weighted by molar-refractivity contribution is 5.27. The van der Waals surface area contributed by atoms with E-state index >= 15 is 0 Å². The Hall–Kier alpha value is -2.12. The van der Waals surface area contributed by atoms with Crippen molar-refractivity contribution >= 4 is 0 Å². The molecule has 130 valence electrons. The lowest BCUT2D eigenvalue weighted by Gasteiger charge is -2.13. The molecule has 2 rings (SSSR count). The molecule has 0 saturated carbocycles. The van der Waals surface area contributed by atoms with Crippen LogP contribution < -0.4 is 10.1 Å². The van der Waals surface area contributed by atoms with Gasteiger partial charge in [0.15, 0.2) is 6.61 Å². The average Bonchev–Trinajstić information content (AvgIpc) is 2.53. The largest absolute Gasteiger partial charge is 0.484 e. The van der Waals surface area contributed by atoms with Crippen molar-refractivity contribution in [1.29, 1.82) is 0 Å². The molecule has 0 bridgehead atoms. The molecular weight excluding hydrogens is 326 g/mol. The molecule has 3 nitrogen and oxygen atoms in total. The van der Waals surface area contributed by atoms with E-state index in [0.29, 0.717) is 6.54 Å². The Kier molecular flexibility index (Phi) is 6.16. The van der Waals surface area contributed by atoms with Gasteiger partial charge in [-0.15, -0.1) is 0 Å². The maximum absolute atomic E-state index is 13.5. The lowest BCUT2D eigenvalue weighted by atomic mass is 10.1. The van der Waals surface area contributed by atoms with Crippen molar-refractivity contribution in [1.82, 2.24) is 5.32 Å². The van der Waals surface area contributed by atoms with Crippen molar-refractivity contribution < 1.29 is 27.4 Å². The zero-order valence-corrected chi connectivity index (χ0v) is 12.7. The van der Waals surface area contributed by atoms with Gasteiger partial charge in [-0.25, -0.2) is 4.39 Å². The number of aliphatic hydroxyl groups is 1. The summed E-state index contributed by atoms with van der Waals surface area (Å²) in [4.78, 5) is 0. The number of benzene rings is 2. The summed E-state index contributed by atoms with van der Waals surface area (Å²) in [5.41, 5.74) is 1.01. The summed E-state index contributed by atoms with van der Waals surface area (Å²) in [5.74, 6) is -0.347. The zero-order chi connectivity index (χ0) is 17.6. The van der Waals surface area contributed by atoms with Crippen molar-refractivity contribution in [2.45, 2.75) is 18.8 Å². The molecule has 0 aromatic heterocycles. The van der Waals surface area contributed by atoms with Gasteiger partial charge in [-0.3, -0.25) is 0 Å². The van der Waals surface area contributed by atoms with E-state index in [4.69, 9.17) is 0 Å². The highest BCUT2D eigenvalue weighted by Gasteiger charge is 2.28. The summed E-state index contributed by atoms with van der Waals surface area (Å²) in [6.45, 7) is -0.808. The standard InChI is InChI=1S/C17H17F4NO2/c18-15-4-2-1-3-14(15)16(23)10-22-9-12-5-7-13(8-6-12)24-11-17(19,20)21/h1-8,16,22-23H,9-11H2. The maximum atomic E-state index is 13.5. The van der Waals surface area contributed by atoms with E-state index in [9.17, 15) is 22.7 Å². The molecule has 1 atom stereocenters. The molecular formula is C17H17F4NO2. The van der Waals surface area contributed by atoms with Gasteiger partial charge in [0.2, 0.25) is 0 Å². The lowest BCUT2D eigenvalue weighted by molar-refractivity contribution is -0.153. The minimum absolute atomic E-state index is 0.127. The fourth-order valence-corrected chi connectivity index (χ4v) is 2.08. The molecule has 0 radical (unpaired) electrons. The fourth-order valence-electron chi connectivity index (χ4n) is 2.08. The van der Waals surface area contributed by atoms with Crippen LogP contribution in [0.5, 0.6) is 5.75 Å². The van der Waals surface area contributed by atoms with E-state index in [1.807, 2.05) is 0 Å². The van der Waals surface area contributed by atoms with Gasteiger partial charge in [0.05, 0.1) is 6.10 Å². The van der Waals surface area contributed by atoms with Crippen molar-refractivity contribution in [3.8, 4) is 5.75 Å².